The second-order valence-corrected chi connectivity index (χ2v) is 6.38. The Morgan fingerprint density at radius 2 is 2.17 bits per heavy atom. The van der Waals surface area contributed by atoms with Gasteiger partial charge < -0.3 is 10.4 Å². The third kappa shape index (κ3) is 2.21. The number of allylic oxidation sites excluding steroid dienone is 2. The number of fused-ring (bicyclic) bond motifs is 1. The van der Waals surface area contributed by atoms with Crippen molar-refractivity contribution in [2.45, 2.75) is 32.7 Å². The largest absolute Gasteiger partial charge is 0.508 e. The Morgan fingerprint density at radius 1 is 1.35 bits per heavy atom. The molecule has 1 aromatic carbocycles. The number of hydrogen-bond donors (Lipinski definition) is 2. The molecule has 2 heterocycles. The summed E-state index contributed by atoms with van der Waals surface area (Å²) in [5.74, 6) is 1.93. The summed E-state index contributed by atoms with van der Waals surface area (Å²) in [6, 6.07) is 6.67. The van der Waals surface area contributed by atoms with E-state index < -0.39 is 0 Å². The van der Waals surface area contributed by atoms with Crippen LogP contribution in [0.15, 0.2) is 35.5 Å². The van der Waals surface area contributed by atoms with Crippen LogP contribution in [-0.4, -0.2) is 25.7 Å². The molecule has 0 saturated heterocycles. The zero-order valence-electron chi connectivity index (χ0n) is 13.1. The SMILES string of the molecule is Cc1nc2n(n1)[C@H](c1cccc(O)c1)C1=C(C[C@H](C)CC1=O)N2. The molecular weight excluding hydrogens is 292 g/mol. The van der Waals surface area contributed by atoms with Crippen molar-refractivity contribution in [1.29, 1.82) is 0 Å². The lowest BCUT2D eigenvalue weighted by Crippen LogP contribution is -2.33. The molecule has 4 rings (SSSR count). The van der Waals surface area contributed by atoms with Crippen molar-refractivity contribution in [3.8, 4) is 5.75 Å². The number of ketones is 1. The normalized spacial score (nSPS) is 23.3. The van der Waals surface area contributed by atoms with Crippen molar-refractivity contribution < 1.29 is 9.90 Å². The smallest absolute Gasteiger partial charge is 0.226 e. The molecule has 0 fully saturated rings. The van der Waals surface area contributed by atoms with Gasteiger partial charge in [0.15, 0.2) is 5.78 Å². The van der Waals surface area contributed by atoms with Gasteiger partial charge in [0.2, 0.25) is 5.95 Å². The molecule has 1 aliphatic heterocycles. The van der Waals surface area contributed by atoms with Gasteiger partial charge in [0.05, 0.1) is 0 Å². The van der Waals surface area contributed by atoms with E-state index in [1.54, 1.807) is 22.9 Å². The van der Waals surface area contributed by atoms with Crippen LogP contribution in [0, 0.1) is 12.8 Å². The van der Waals surface area contributed by atoms with Gasteiger partial charge in [-0.15, -0.1) is 0 Å². The number of phenolic OH excluding ortho intramolecular Hbond substituents is 1. The maximum atomic E-state index is 12.7. The van der Waals surface area contributed by atoms with E-state index in [4.69, 9.17) is 0 Å². The van der Waals surface area contributed by atoms with E-state index in [9.17, 15) is 9.90 Å². The summed E-state index contributed by atoms with van der Waals surface area (Å²) in [5.41, 5.74) is 2.51. The van der Waals surface area contributed by atoms with Gasteiger partial charge in [-0.1, -0.05) is 19.1 Å². The summed E-state index contributed by atoms with van der Waals surface area (Å²) in [4.78, 5) is 17.1. The lowest BCUT2D eigenvalue weighted by molar-refractivity contribution is -0.117. The van der Waals surface area contributed by atoms with E-state index in [1.165, 1.54) is 0 Å². The molecule has 2 aliphatic rings. The van der Waals surface area contributed by atoms with Crippen LogP contribution in [0.1, 0.15) is 37.2 Å². The minimum absolute atomic E-state index is 0.137. The summed E-state index contributed by atoms with van der Waals surface area (Å²) >= 11 is 0. The van der Waals surface area contributed by atoms with Gasteiger partial charge in [-0.05, 0) is 37.0 Å². The van der Waals surface area contributed by atoms with E-state index in [-0.39, 0.29) is 17.6 Å². The summed E-state index contributed by atoms with van der Waals surface area (Å²) in [5, 5.41) is 17.6. The zero-order valence-corrected chi connectivity index (χ0v) is 13.1. The molecule has 2 aromatic rings. The monoisotopic (exact) mass is 310 g/mol. The second kappa shape index (κ2) is 4.94. The van der Waals surface area contributed by atoms with Crippen LogP contribution >= 0.6 is 0 Å². The number of carbonyl (C=O) groups is 1. The molecule has 0 amide bonds. The van der Waals surface area contributed by atoms with Crippen molar-refractivity contribution in [3.63, 3.8) is 0 Å². The Morgan fingerprint density at radius 3 is 2.96 bits per heavy atom. The van der Waals surface area contributed by atoms with Gasteiger partial charge in [-0.3, -0.25) is 4.79 Å². The van der Waals surface area contributed by atoms with E-state index in [0.717, 1.165) is 23.3 Å². The molecule has 23 heavy (non-hydrogen) atoms. The first-order valence-corrected chi connectivity index (χ1v) is 7.78. The highest BCUT2D eigenvalue weighted by Gasteiger charge is 2.38. The first-order valence-electron chi connectivity index (χ1n) is 7.78. The number of Topliss-reactive ketones (excluding diaryl/α,β-unsaturated/α-hetero) is 1. The predicted octanol–water partition coefficient (Wildman–Crippen LogP) is 2.56. The summed E-state index contributed by atoms with van der Waals surface area (Å²) in [6.07, 6.45) is 1.36. The van der Waals surface area contributed by atoms with Crippen molar-refractivity contribution >= 4 is 11.7 Å². The lowest BCUT2D eigenvalue weighted by Gasteiger charge is -2.34. The molecule has 0 unspecified atom stereocenters. The third-order valence-electron chi connectivity index (χ3n) is 4.42. The summed E-state index contributed by atoms with van der Waals surface area (Å²) in [7, 11) is 0. The van der Waals surface area contributed by atoms with Crippen molar-refractivity contribution in [2.75, 3.05) is 5.32 Å². The van der Waals surface area contributed by atoms with Gasteiger partial charge in [0, 0.05) is 17.7 Å². The van der Waals surface area contributed by atoms with Crippen molar-refractivity contribution in [2.24, 2.45) is 5.92 Å². The standard InChI is InChI=1S/C17H18N4O2/c1-9-6-13-15(14(23)7-9)16(11-4-3-5-12(22)8-11)21-17(19-13)18-10(2)20-21/h3-5,8-9,16,22H,6-7H2,1-2H3,(H,18,19,20)/t9-,16+/m0/s1. The Balaban J connectivity index is 1.93. The first-order chi connectivity index (χ1) is 11.0. The van der Waals surface area contributed by atoms with E-state index in [1.807, 2.05) is 13.0 Å². The fourth-order valence-corrected chi connectivity index (χ4v) is 3.52. The molecule has 0 bridgehead atoms. The highest BCUT2D eigenvalue weighted by molar-refractivity contribution is 5.99. The molecule has 0 radical (unpaired) electrons. The number of anilines is 1. The molecule has 1 aromatic heterocycles. The van der Waals surface area contributed by atoms with Crippen LogP contribution in [0.3, 0.4) is 0 Å². The minimum atomic E-state index is -0.338. The van der Waals surface area contributed by atoms with Crippen LogP contribution < -0.4 is 5.32 Å². The Kier molecular flexibility index (Phi) is 3.01. The van der Waals surface area contributed by atoms with Gasteiger partial charge in [-0.2, -0.15) is 10.1 Å². The number of benzene rings is 1. The number of aromatic nitrogens is 3. The fourth-order valence-electron chi connectivity index (χ4n) is 3.52. The van der Waals surface area contributed by atoms with E-state index in [2.05, 4.69) is 22.3 Å². The van der Waals surface area contributed by atoms with E-state index in [0.29, 0.717) is 24.1 Å². The Hall–Kier alpha value is -2.63. The number of aryl methyl sites for hydroxylation is 1. The average Bonchev–Trinajstić information content (AvgIpc) is 2.84. The topological polar surface area (TPSA) is 80.0 Å². The van der Waals surface area contributed by atoms with Crippen LogP contribution in [0.4, 0.5) is 5.95 Å². The fraction of sp³-hybridized carbons (Fsp3) is 0.353. The predicted molar refractivity (Wildman–Crippen MR) is 85.1 cm³/mol. The van der Waals surface area contributed by atoms with Gasteiger partial charge in [0.1, 0.15) is 17.6 Å². The Bertz CT molecular complexity index is 837. The van der Waals surface area contributed by atoms with Gasteiger partial charge in [0.25, 0.3) is 0 Å². The molecule has 2 atom stereocenters. The van der Waals surface area contributed by atoms with Crippen LogP contribution in [0.5, 0.6) is 5.75 Å². The van der Waals surface area contributed by atoms with Crippen LogP contribution in [0.25, 0.3) is 0 Å². The number of rotatable bonds is 1. The number of nitrogens with zero attached hydrogens (tertiary/aromatic N) is 3. The average molecular weight is 310 g/mol. The molecule has 6 heteroatoms. The lowest BCUT2D eigenvalue weighted by atomic mass is 9.81. The van der Waals surface area contributed by atoms with Crippen molar-refractivity contribution in [1.82, 2.24) is 14.8 Å². The first kappa shape index (κ1) is 14.0. The maximum absolute atomic E-state index is 12.7. The van der Waals surface area contributed by atoms with Gasteiger partial charge >= 0.3 is 0 Å². The van der Waals surface area contributed by atoms with Crippen LogP contribution in [0.2, 0.25) is 0 Å². The number of aromatic hydroxyl groups is 1. The highest BCUT2D eigenvalue weighted by atomic mass is 16.3. The summed E-state index contributed by atoms with van der Waals surface area (Å²) in [6.45, 7) is 3.91. The zero-order chi connectivity index (χ0) is 16.1. The molecule has 1 aliphatic carbocycles. The number of carbonyl (C=O) groups excluding carboxylic acids is 1. The number of phenols is 1. The molecular formula is C17H18N4O2. The molecule has 2 N–H and O–H groups in total. The Labute approximate surface area is 133 Å². The molecule has 118 valence electrons. The molecule has 0 spiro atoms. The van der Waals surface area contributed by atoms with Crippen molar-refractivity contribution in [3.05, 3.63) is 46.9 Å². The van der Waals surface area contributed by atoms with Crippen LogP contribution in [-0.2, 0) is 4.79 Å². The quantitative estimate of drug-likeness (QED) is 0.846. The third-order valence-corrected chi connectivity index (χ3v) is 4.42. The highest BCUT2D eigenvalue weighted by Crippen LogP contribution is 2.41. The molecule has 0 saturated carbocycles. The number of hydrogen-bond acceptors (Lipinski definition) is 5. The number of nitrogens with one attached hydrogen (secondary N) is 1. The maximum Gasteiger partial charge on any atom is 0.226 e. The summed E-state index contributed by atoms with van der Waals surface area (Å²) < 4.78 is 1.75. The second-order valence-electron chi connectivity index (χ2n) is 6.38. The van der Waals surface area contributed by atoms with E-state index >= 15 is 0 Å². The minimum Gasteiger partial charge on any atom is -0.508 e. The molecule has 6 nitrogen and oxygen atoms in total. The van der Waals surface area contributed by atoms with Gasteiger partial charge in [-0.25, -0.2) is 4.68 Å².